The summed E-state index contributed by atoms with van der Waals surface area (Å²) in [5.74, 6) is -0.894. The van der Waals surface area contributed by atoms with Gasteiger partial charge in [0.2, 0.25) is 0 Å². The van der Waals surface area contributed by atoms with Gasteiger partial charge in [0.25, 0.3) is 5.95 Å². The number of nitrogens with zero attached hydrogens (tertiary/aromatic N) is 4. The van der Waals surface area contributed by atoms with Crippen LogP contribution >= 0.6 is 0 Å². The summed E-state index contributed by atoms with van der Waals surface area (Å²) in [6, 6.07) is 1.32. The molecule has 0 aliphatic carbocycles. The minimum atomic E-state index is -1.10. The Bertz CT molecular complexity index is 522. The highest BCUT2D eigenvalue weighted by atomic mass is 16.4. The monoisotopic (exact) mass is 219 g/mol. The van der Waals surface area contributed by atoms with E-state index in [-0.39, 0.29) is 11.6 Å². The average molecular weight is 219 g/mol. The van der Waals surface area contributed by atoms with E-state index < -0.39 is 5.97 Å². The van der Waals surface area contributed by atoms with Gasteiger partial charge in [0.05, 0.1) is 6.20 Å². The molecule has 0 amide bonds. The Labute approximate surface area is 90.6 Å². The molecule has 2 heterocycles. The predicted molar refractivity (Wildman–Crippen MR) is 54.0 cm³/mol. The minimum absolute atomic E-state index is 0.0743. The lowest BCUT2D eigenvalue weighted by Gasteiger charge is -1.99. The lowest BCUT2D eigenvalue weighted by molar-refractivity contribution is 0.0690. The van der Waals surface area contributed by atoms with Crippen molar-refractivity contribution in [3.05, 3.63) is 35.9 Å². The molecule has 0 aromatic carbocycles. The Morgan fingerprint density at radius 1 is 1.56 bits per heavy atom. The number of hydrogen-bond donors (Lipinski definition) is 2. The summed E-state index contributed by atoms with van der Waals surface area (Å²) in [7, 11) is 0. The van der Waals surface area contributed by atoms with Crippen LogP contribution in [0.2, 0.25) is 0 Å². The zero-order chi connectivity index (χ0) is 11.5. The van der Waals surface area contributed by atoms with E-state index in [0.717, 1.165) is 5.56 Å². The molecule has 7 heteroatoms. The van der Waals surface area contributed by atoms with E-state index in [1.807, 2.05) is 0 Å². The maximum atomic E-state index is 10.7. The highest BCUT2D eigenvalue weighted by Crippen LogP contribution is 2.03. The van der Waals surface area contributed by atoms with Crippen LogP contribution in [0.25, 0.3) is 5.95 Å². The highest BCUT2D eigenvalue weighted by Gasteiger charge is 2.08. The van der Waals surface area contributed by atoms with Crippen LogP contribution in [0.1, 0.15) is 16.1 Å². The van der Waals surface area contributed by atoms with Gasteiger partial charge in [-0.25, -0.2) is 19.4 Å². The molecular formula is C9H9N5O2. The van der Waals surface area contributed by atoms with Crippen molar-refractivity contribution in [2.45, 2.75) is 6.54 Å². The third-order valence-electron chi connectivity index (χ3n) is 1.94. The fraction of sp³-hybridized carbons (Fsp3) is 0.111. The van der Waals surface area contributed by atoms with Crippen molar-refractivity contribution in [2.75, 3.05) is 0 Å². The summed E-state index contributed by atoms with van der Waals surface area (Å²) < 4.78 is 1.38. The van der Waals surface area contributed by atoms with Crippen LogP contribution in [0, 0.1) is 0 Å². The van der Waals surface area contributed by atoms with Gasteiger partial charge >= 0.3 is 5.97 Å². The van der Waals surface area contributed by atoms with E-state index in [9.17, 15) is 4.79 Å². The largest absolute Gasteiger partial charge is 0.477 e. The highest BCUT2D eigenvalue weighted by molar-refractivity contribution is 5.85. The molecule has 0 aliphatic heterocycles. The van der Waals surface area contributed by atoms with E-state index in [1.165, 1.54) is 16.9 Å². The third-order valence-corrected chi connectivity index (χ3v) is 1.94. The summed E-state index contributed by atoms with van der Waals surface area (Å²) >= 11 is 0. The number of carbonyl (C=O) groups is 1. The molecule has 0 atom stereocenters. The van der Waals surface area contributed by atoms with E-state index in [2.05, 4.69) is 15.1 Å². The Morgan fingerprint density at radius 3 is 3.00 bits per heavy atom. The number of nitrogens with two attached hydrogens (primary N) is 1. The van der Waals surface area contributed by atoms with Crippen molar-refractivity contribution in [3.8, 4) is 5.95 Å². The molecule has 82 valence electrons. The van der Waals surface area contributed by atoms with E-state index in [0.29, 0.717) is 6.54 Å². The van der Waals surface area contributed by atoms with Gasteiger partial charge in [-0.05, 0) is 6.07 Å². The number of aromatic carboxylic acids is 1. The second-order valence-electron chi connectivity index (χ2n) is 3.04. The molecule has 0 spiro atoms. The van der Waals surface area contributed by atoms with Crippen molar-refractivity contribution in [1.29, 1.82) is 0 Å². The van der Waals surface area contributed by atoms with Gasteiger partial charge in [-0.3, -0.25) is 0 Å². The first kappa shape index (κ1) is 10.2. The standard InChI is InChI=1S/C9H9N5O2/c10-3-6-4-12-14(5-6)9-11-2-1-7(13-9)8(15)16/h1-2,4-5H,3,10H2,(H,15,16). The molecule has 2 aromatic heterocycles. The Balaban J connectivity index is 2.40. The summed E-state index contributed by atoms with van der Waals surface area (Å²) in [5.41, 5.74) is 6.18. The smallest absolute Gasteiger partial charge is 0.354 e. The molecular weight excluding hydrogens is 210 g/mol. The molecule has 0 saturated heterocycles. The molecule has 2 rings (SSSR count). The van der Waals surface area contributed by atoms with Gasteiger partial charge in [0.15, 0.2) is 5.69 Å². The maximum absolute atomic E-state index is 10.7. The summed E-state index contributed by atoms with van der Waals surface area (Å²) in [6.07, 6.45) is 4.60. The molecule has 0 aliphatic rings. The topological polar surface area (TPSA) is 107 Å². The summed E-state index contributed by atoms with van der Waals surface area (Å²) in [6.45, 7) is 0.360. The van der Waals surface area contributed by atoms with Crippen molar-refractivity contribution < 1.29 is 9.90 Å². The third kappa shape index (κ3) is 1.89. The molecule has 2 aromatic rings. The molecule has 0 radical (unpaired) electrons. The summed E-state index contributed by atoms with van der Waals surface area (Å²) in [4.78, 5) is 18.5. The normalized spacial score (nSPS) is 10.3. The van der Waals surface area contributed by atoms with Gasteiger partial charge < -0.3 is 10.8 Å². The first-order valence-electron chi connectivity index (χ1n) is 4.51. The van der Waals surface area contributed by atoms with E-state index >= 15 is 0 Å². The molecule has 0 bridgehead atoms. The SMILES string of the molecule is NCc1cnn(-c2nccc(C(=O)O)n2)c1. The van der Waals surface area contributed by atoms with E-state index in [1.54, 1.807) is 12.4 Å². The quantitative estimate of drug-likeness (QED) is 0.741. The number of aromatic nitrogens is 4. The maximum Gasteiger partial charge on any atom is 0.354 e. The van der Waals surface area contributed by atoms with Crippen LogP contribution in [0.5, 0.6) is 0 Å². The van der Waals surface area contributed by atoms with Gasteiger partial charge in [0, 0.05) is 24.5 Å². The van der Waals surface area contributed by atoms with Crippen molar-refractivity contribution in [3.63, 3.8) is 0 Å². The Kier molecular flexibility index (Phi) is 2.61. The molecule has 0 saturated carbocycles. The molecule has 7 nitrogen and oxygen atoms in total. The van der Waals surface area contributed by atoms with Crippen LogP contribution < -0.4 is 5.73 Å². The number of carboxylic acids is 1. The van der Waals surface area contributed by atoms with E-state index in [4.69, 9.17) is 10.8 Å². The van der Waals surface area contributed by atoms with Gasteiger partial charge in [-0.2, -0.15) is 5.10 Å². The van der Waals surface area contributed by atoms with Crippen LogP contribution in [0.4, 0.5) is 0 Å². The second kappa shape index (κ2) is 4.07. The first-order chi connectivity index (χ1) is 7.70. The molecule has 0 unspecified atom stereocenters. The van der Waals surface area contributed by atoms with Gasteiger partial charge in [-0.15, -0.1) is 0 Å². The first-order valence-corrected chi connectivity index (χ1v) is 4.51. The van der Waals surface area contributed by atoms with Crippen molar-refractivity contribution in [2.24, 2.45) is 5.73 Å². The number of rotatable bonds is 3. The lowest BCUT2D eigenvalue weighted by atomic mass is 10.4. The fourth-order valence-corrected chi connectivity index (χ4v) is 1.15. The average Bonchev–Trinajstić information content (AvgIpc) is 2.77. The van der Waals surface area contributed by atoms with Crippen molar-refractivity contribution in [1.82, 2.24) is 19.7 Å². The molecule has 0 fully saturated rings. The number of carboxylic acid groups (broad SMARTS) is 1. The predicted octanol–water partition coefficient (Wildman–Crippen LogP) is -0.181. The van der Waals surface area contributed by atoms with Crippen LogP contribution in [0.3, 0.4) is 0 Å². The Morgan fingerprint density at radius 2 is 2.38 bits per heavy atom. The molecule has 16 heavy (non-hydrogen) atoms. The van der Waals surface area contributed by atoms with Crippen molar-refractivity contribution >= 4 is 5.97 Å². The van der Waals surface area contributed by atoms with Crippen LogP contribution in [-0.2, 0) is 6.54 Å². The second-order valence-corrected chi connectivity index (χ2v) is 3.04. The lowest BCUT2D eigenvalue weighted by Crippen LogP contribution is -2.07. The van der Waals surface area contributed by atoms with Crippen LogP contribution in [-0.4, -0.2) is 30.8 Å². The zero-order valence-corrected chi connectivity index (χ0v) is 8.24. The fourth-order valence-electron chi connectivity index (χ4n) is 1.15. The van der Waals surface area contributed by atoms with Gasteiger partial charge in [-0.1, -0.05) is 0 Å². The zero-order valence-electron chi connectivity index (χ0n) is 8.24. The number of hydrogen-bond acceptors (Lipinski definition) is 5. The van der Waals surface area contributed by atoms with Gasteiger partial charge in [0.1, 0.15) is 0 Å². The molecule has 3 N–H and O–H groups in total. The Hall–Kier alpha value is -2.28. The van der Waals surface area contributed by atoms with Crippen LogP contribution in [0.15, 0.2) is 24.7 Å². The minimum Gasteiger partial charge on any atom is -0.477 e. The summed E-state index contributed by atoms with van der Waals surface area (Å²) in [5, 5.41) is 12.7.